The molecule has 22 heavy (non-hydrogen) atoms. The maximum atomic E-state index is 12.3. The third kappa shape index (κ3) is 3.39. The molecule has 6 heteroatoms. The molecule has 0 aliphatic heterocycles. The monoisotopic (exact) mass is 326 g/mol. The Hall–Kier alpha value is -1.66. The van der Waals surface area contributed by atoms with Crippen molar-refractivity contribution in [1.82, 2.24) is 0 Å². The number of benzene rings is 1. The summed E-state index contributed by atoms with van der Waals surface area (Å²) < 4.78 is 34.9. The van der Waals surface area contributed by atoms with E-state index in [2.05, 4.69) is 6.58 Å². The average molecular weight is 326 g/mol. The lowest BCUT2D eigenvalue weighted by atomic mass is 9.99. The topological polar surface area (TPSA) is 69.7 Å². The van der Waals surface area contributed by atoms with Gasteiger partial charge in [0, 0.05) is 11.1 Å². The summed E-state index contributed by atoms with van der Waals surface area (Å²) in [4.78, 5) is 11.9. The fourth-order valence-corrected chi connectivity index (χ4v) is 3.63. The highest BCUT2D eigenvalue weighted by molar-refractivity contribution is 7.86. The van der Waals surface area contributed by atoms with Crippen LogP contribution < -0.4 is 4.74 Å². The Kier molecular flexibility index (Phi) is 5.54. The molecule has 1 aromatic carbocycles. The van der Waals surface area contributed by atoms with Gasteiger partial charge in [0.05, 0.1) is 6.61 Å². The van der Waals surface area contributed by atoms with Gasteiger partial charge in [-0.15, -0.1) is 0 Å². The van der Waals surface area contributed by atoms with Crippen LogP contribution >= 0.6 is 0 Å². The van der Waals surface area contributed by atoms with Crippen LogP contribution in [-0.4, -0.2) is 21.0 Å². The number of ether oxygens (including phenoxy) is 1. The van der Waals surface area contributed by atoms with E-state index in [1.807, 2.05) is 0 Å². The smallest absolute Gasteiger partial charge is 0.338 e. The molecule has 0 aromatic heterocycles. The van der Waals surface area contributed by atoms with Crippen LogP contribution in [-0.2, 0) is 19.1 Å². The van der Waals surface area contributed by atoms with Crippen LogP contribution in [0.5, 0.6) is 5.75 Å². The number of rotatable bonds is 5. The molecule has 0 amide bonds. The zero-order chi connectivity index (χ0) is 17.2. The van der Waals surface area contributed by atoms with Crippen LogP contribution in [0.1, 0.15) is 36.1 Å². The molecule has 0 unspecified atom stereocenters. The third-order valence-electron chi connectivity index (χ3n) is 3.55. The fourth-order valence-electron chi connectivity index (χ4n) is 2.21. The van der Waals surface area contributed by atoms with Crippen molar-refractivity contribution in [2.24, 2.45) is 0 Å². The minimum absolute atomic E-state index is 0.0367. The van der Waals surface area contributed by atoms with E-state index in [4.69, 9.17) is 8.92 Å². The van der Waals surface area contributed by atoms with E-state index in [0.29, 0.717) is 11.1 Å². The molecule has 0 fully saturated rings. The zero-order valence-electron chi connectivity index (χ0n) is 13.9. The summed E-state index contributed by atoms with van der Waals surface area (Å²) in [6.07, 6.45) is 0. The van der Waals surface area contributed by atoms with Crippen molar-refractivity contribution in [2.75, 3.05) is 6.61 Å². The van der Waals surface area contributed by atoms with E-state index in [0.717, 1.165) is 11.1 Å². The molecule has 122 valence electrons. The standard InChI is InChI=1S/C16H22O5S/c1-8-20-22(18,19)15-12(6)10(4)11(5)14(13(15)7)21-16(17)9(2)3/h2,8H2,1,3-7H3. The number of hydrogen-bond donors (Lipinski definition) is 0. The SMILES string of the molecule is C=C(C)C(=O)Oc1c(C)c(C)c(C)c(S(=O)(=O)OCC)c1C. The van der Waals surface area contributed by atoms with Crippen LogP contribution in [0.15, 0.2) is 17.0 Å². The van der Waals surface area contributed by atoms with Crippen LogP contribution in [0.25, 0.3) is 0 Å². The molecule has 0 N–H and O–H groups in total. The van der Waals surface area contributed by atoms with Crippen molar-refractivity contribution in [3.8, 4) is 5.75 Å². The van der Waals surface area contributed by atoms with Crippen molar-refractivity contribution in [1.29, 1.82) is 0 Å². The summed E-state index contributed by atoms with van der Waals surface area (Å²) in [5.41, 5.74) is 2.67. The number of carbonyl (C=O) groups excluding carboxylic acids is 1. The number of hydrogen-bond acceptors (Lipinski definition) is 5. The number of carbonyl (C=O) groups is 1. The Labute approximate surface area is 132 Å². The Morgan fingerprint density at radius 1 is 1.05 bits per heavy atom. The van der Waals surface area contributed by atoms with E-state index in [1.54, 1.807) is 34.6 Å². The van der Waals surface area contributed by atoms with Crippen molar-refractivity contribution in [2.45, 2.75) is 46.4 Å². The highest BCUT2D eigenvalue weighted by Gasteiger charge is 2.27. The lowest BCUT2D eigenvalue weighted by molar-refractivity contribution is -0.130. The number of esters is 1. The molecule has 0 radical (unpaired) electrons. The zero-order valence-corrected chi connectivity index (χ0v) is 14.7. The molecule has 0 saturated carbocycles. The minimum Gasteiger partial charge on any atom is -0.423 e. The van der Waals surface area contributed by atoms with Gasteiger partial charge in [-0.1, -0.05) is 6.58 Å². The van der Waals surface area contributed by atoms with Gasteiger partial charge in [-0.3, -0.25) is 4.18 Å². The Balaban J connectivity index is 3.65. The van der Waals surface area contributed by atoms with E-state index >= 15 is 0 Å². The van der Waals surface area contributed by atoms with E-state index in [-0.39, 0.29) is 22.8 Å². The summed E-state index contributed by atoms with van der Waals surface area (Å²) >= 11 is 0. The second-order valence-electron chi connectivity index (χ2n) is 5.19. The second-order valence-corrected chi connectivity index (χ2v) is 6.74. The van der Waals surface area contributed by atoms with Crippen molar-refractivity contribution in [3.63, 3.8) is 0 Å². The summed E-state index contributed by atoms with van der Waals surface area (Å²) in [6, 6.07) is 0. The van der Waals surface area contributed by atoms with Crippen LogP contribution in [0.2, 0.25) is 0 Å². The van der Waals surface area contributed by atoms with Crippen molar-refractivity contribution in [3.05, 3.63) is 34.4 Å². The van der Waals surface area contributed by atoms with E-state index in [9.17, 15) is 13.2 Å². The predicted molar refractivity (Wildman–Crippen MR) is 84.7 cm³/mol. The molecule has 0 bridgehead atoms. The summed E-state index contributed by atoms with van der Waals surface area (Å²) in [7, 11) is -3.90. The van der Waals surface area contributed by atoms with Gasteiger partial charge in [-0.05, 0) is 58.2 Å². The van der Waals surface area contributed by atoms with Gasteiger partial charge in [0.1, 0.15) is 10.6 Å². The lowest BCUT2D eigenvalue weighted by Gasteiger charge is -2.19. The molecule has 1 rings (SSSR count). The second kappa shape index (κ2) is 6.62. The molecule has 0 spiro atoms. The normalized spacial score (nSPS) is 11.4. The molecule has 0 heterocycles. The van der Waals surface area contributed by atoms with Crippen LogP contribution in [0.3, 0.4) is 0 Å². The third-order valence-corrected chi connectivity index (χ3v) is 5.21. The minimum atomic E-state index is -3.90. The lowest BCUT2D eigenvalue weighted by Crippen LogP contribution is -2.16. The Morgan fingerprint density at radius 2 is 1.59 bits per heavy atom. The van der Waals surface area contributed by atoms with Crippen LogP contribution in [0, 0.1) is 27.7 Å². The Morgan fingerprint density at radius 3 is 2.05 bits per heavy atom. The van der Waals surface area contributed by atoms with Crippen molar-refractivity contribution < 1.29 is 22.1 Å². The quantitative estimate of drug-likeness (QED) is 0.360. The first-order valence-electron chi connectivity index (χ1n) is 6.92. The molecule has 1 aromatic rings. The molecular weight excluding hydrogens is 304 g/mol. The van der Waals surface area contributed by atoms with Crippen molar-refractivity contribution >= 4 is 16.1 Å². The molecule has 0 aliphatic carbocycles. The predicted octanol–water partition coefficient (Wildman–Crippen LogP) is 3.13. The Bertz CT molecular complexity index is 730. The first kappa shape index (κ1) is 18.4. The van der Waals surface area contributed by atoms with Gasteiger partial charge in [0.15, 0.2) is 0 Å². The maximum absolute atomic E-state index is 12.3. The molecule has 0 aliphatic rings. The summed E-state index contributed by atoms with van der Waals surface area (Å²) in [5.74, 6) is -0.344. The highest BCUT2D eigenvalue weighted by atomic mass is 32.2. The summed E-state index contributed by atoms with van der Waals surface area (Å²) in [5, 5.41) is 0. The largest absolute Gasteiger partial charge is 0.423 e. The molecular formula is C16H22O5S. The van der Waals surface area contributed by atoms with Gasteiger partial charge in [0.2, 0.25) is 0 Å². The molecule has 0 saturated heterocycles. The fraction of sp³-hybridized carbons (Fsp3) is 0.438. The first-order chi connectivity index (χ1) is 10.0. The van der Waals surface area contributed by atoms with Gasteiger partial charge in [-0.2, -0.15) is 8.42 Å². The molecule has 5 nitrogen and oxygen atoms in total. The van der Waals surface area contributed by atoms with Crippen LogP contribution in [0.4, 0.5) is 0 Å². The maximum Gasteiger partial charge on any atom is 0.338 e. The van der Waals surface area contributed by atoms with Gasteiger partial charge < -0.3 is 4.74 Å². The average Bonchev–Trinajstić information content (AvgIpc) is 2.40. The van der Waals surface area contributed by atoms with Gasteiger partial charge >= 0.3 is 5.97 Å². The van der Waals surface area contributed by atoms with E-state index in [1.165, 1.54) is 6.92 Å². The van der Waals surface area contributed by atoms with Gasteiger partial charge in [0.25, 0.3) is 10.1 Å². The first-order valence-corrected chi connectivity index (χ1v) is 8.32. The van der Waals surface area contributed by atoms with E-state index < -0.39 is 16.1 Å². The summed E-state index contributed by atoms with van der Waals surface area (Å²) in [6.45, 7) is 13.6. The molecule has 0 atom stereocenters. The highest BCUT2D eigenvalue weighted by Crippen LogP contribution is 2.36. The van der Waals surface area contributed by atoms with Gasteiger partial charge in [-0.25, -0.2) is 4.79 Å².